The van der Waals surface area contributed by atoms with Crippen molar-refractivity contribution >= 4 is 11.9 Å². The molecule has 0 aliphatic carbocycles. The van der Waals surface area contributed by atoms with Crippen LogP contribution < -0.4 is 10.2 Å². The molecular formula is C32H35FN6O3. The number of amides is 1. The van der Waals surface area contributed by atoms with E-state index < -0.39 is 11.7 Å². The van der Waals surface area contributed by atoms with Crippen molar-refractivity contribution in [3.8, 4) is 22.6 Å². The van der Waals surface area contributed by atoms with Gasteiger partial charge in [0.25, 0.3) is 0 Å². The van der Waals surface area contributed by atoms with E-state index in [1.54, 1.807) is 18.3 Å². The Balaban J connectivity index is 1.18. The first kappa shape index (κ1) is 28.0. The number of halogens is 1. The van der Waals surface area contributed by atoms with Gasteiger partial charge in [-0.05, 0) is 55.2 Å². The van der Waals surface area contributed by atoms with E-state index in [1.165, 1.54) is 18.6 Å². The molecular weight excluding hydrogens is 535 g/mol. The molecule has 2 aromatic heterocycles. The summed E-state index contributed by atoms with van der Waals surface area (Å²) >= 11 is 0. The van der Waals surface area contributed by atoms with Crippen LogP contribution in [-0.4, -0.2) is 58.7 Å². The molecule has 2 fully saturated rings. The molecule has 0 spiro atoms. The van der Waals surface area contributed by atoms with Crippen LogP contribution in [0.4, 0.5) is 10.3 Å². The molecule has 218 valence electrons. The quantitative estimate of drug-likeness (QED) is 0.305. The highest BCUT2D eigenvalue weighted by molar-refractivity contribution is 5.78. The second kappa shape index (κ2) is 12.4. The van der Waals surface area contributed by atoms with Crippen molar-refractivity contribution in [3.63, 3.8) is 0 Å². The van der Waals surface area contributed by atoms with E-state index >= 15 is 0 Å². The number of benzene rings is 2. The van der Waals surface area contributed by atoms with Crippen molar-refractivity contribution in [1.29, 1.82) is 0 Å². The van der Waals surface area contributed by atoms with Gasteiger partial charge in [-0.25, -0.2) is 19.3 Å². The van der Waals surface area contributed by atoms with Crippen LogP contribution in [0.3, 0.4) is 0 Å². The highest BCUT2D eigenvalue weighted by Gasteiger charge is 2.35. The van der Waals surface area contributed by atoms with Crippen molar-refractivity contribution < 1.29 is 18.7 Å². The molecule has 10 heteroatoms. The van der Waals surface area contributed by atoms with Gasteiger partial charge in [-0.15, -0.1) is 0 Å². The van der Waals surface area contributed by atoms with Gasteiger partial charge in [-0.2, -0.15) is 0 Å². The number of nitrogens with one attached hydrogen (secondary N) is 2. The Morgan fingerprint density at radius 1 is 1.02 bits per heavy atom. The predicted octanol–water partition coefficient (Wildman–Crippen LogP) is 5.07. The summed E-state index contributed by atoms with van der Waals surface area (Å²) in [6, 6.07) is 17.7. The number of aromatic amines is 1. The molecule has 4 aromatic rings. The Morgan fingerprint density at radius 2 is 1.76 bits per heavy atom. The Bertz CT molecular complexity index is 1500. The summed E-state index contributed by atoms with van der Waals surface area (Å²) in [5.74, 6) is 0.818. The Labute approximate surface area is 244 Å². The highest BCUT2D eigenvalue weighted by atomic mass is 19.1. The maximum absolute atomic E-state index is 13.8. The smallest absolute Gasteiger partial charge is 0.225 e. The topological polar surface area (TPSA) is 105 Å². The molecule has 2 saturated heterocycles. The van der Waals surface area contributed by atoms with E-state index in [4.69, 9.17) is 19.4 Å². The fourth-order valence-corrected chi connectivity index (χ4v) is 5.30. The van der Waals surface area contributed by atoms with Crippen molar-refractivity contribution in [3.05, 3.63) is 84.1 Å². The number of H-pyrrole nitrogens is 1. The molecule has 2 aliphatic rings. The van der Waals surface area contributed by atoms with Crippen LogP contribution in [-0.2, 0) is 20.7 Å². The van der Waals surface area contributed by atoms with Crippen molar-refractivity contribution in [2.45, 2.75) is 38.9 Å². The average Bonchev–Trinajstić information content (AvgIpc) is 3.47. The lowest BCUT2D eigenvalue weighted by atomic mass is 9.92. The molecule has 1 amide bonds. The third-order valence-corrected chi connectivity index (χ3v) is 7.69. The van der Waals surface area contributed by atoms with Crippen LogP contribution in [0.5, 0.6) is 0 Å². The fourth-order valence-electron chi connectivity index (χ4n) is 5.30. The first-order valence-corrected chi connectivity index (χ1v) is 14.4. The third-order valence-electron chi connectivity index (χ3n) is 7.69. The Kier molecular flexibility index (Phi) is 8.25. The van der Waals surface area contributed by atoms with Gasteiger partial charge in [0.1, 0.15) is 5.82 Å². The predicted molar refractivity (Wildman–Crippen MR) is 157 cm³/mol. The highest BCUT2D eigenvalue weighted by Crippen LogP contribution is 2.35. The zero-order valence-corrected chi connectivity index (χ0v) is 23.7. The summed E-state index contributed by atoms with van der Waals surface area (Å²) in [5.41, 5.74) is 3.31. The lowest BCUT2D eigenvalue weighted by Crippen LogP contribution is -2.45. The van der Waals surface area contributed by atoms with Gasteiger partial charge in [-0.1, -0.05) is 37.3 Å². The van der Waals surface area contributed by atoms with Crippen molar-refractivity contribution in [1.82, 2.24) is 25.3 Å². The number of hydrogen-bond donors (Lipinski definition) is 2. The molecule has 0 bridgehead atoms. The molecule has 0 atom stereocenters. The van der Waals surface area contributed by atoms with Gasteiger partial charge in [0.05, 0.1) is 36.7 Å². The number of rotatable bonds is 8. The van der Waals surface area contributed by atoms with Gasteiger partial charge in [-0.3, -0.25) is 4.79 Å². The zero-order valence-electron chi connectivity index (χ0n) is 23.7. The van der Waals surface area contributed by atoms with E-state index in [0.717, 1.165) is 37.1 Å². The lowest BCUT2D eigenvalue weighted by Gasteiger charge is -2.36. The van der Waals surface area contributed by atoms with Crippen LogP contribution in [0.1, 0.15) is 43.9 Å². The van der Waals surface area contributed by atoms with Crippen LogP contribution in [0, 0.1) is 11.2 Å². The number of anilines is 1. The minimum atomic E-state index is -0.727. The van der Waals surface area contributed by atoms with Gasteiger partial charge >= 0.3 is 0 Å². The standard InChI is InChI=1S/C32H35FN6O3/c1-32(19-35-26(40)18-22-8-4-2-5-9-22)20-41-30(42-21-32)29-37-27(23-10-12-24(33)13-11-23)28(38-29)25-14-15-34-31(36-25)39-16-6-3-7-17-39/h2,4-5,8-15,30H,3,6-7,16-21H2,1H3,(H,35,40)(H,37,38). The molecule has 0 radical (unpaired) electrons. The average molecular weight is 571 g/mol. The van der Waals surface area contributed by atoms with Gasteiger partial charge in [0.15, 0.2) is 5.82 Å². The van der Waals surface area contributed by atoms with Crippen LogP contribution >= 0.6 is 0 Å². The number of hydrogen-bond acceptors (Lipinski definition) is 7. The second-order valence-electron chi connectivity index (χ2n) is 11.3. The SMILES string of the molecule is CC1(CNC(=O)Cc2ccccc2)COC(c2nc(-c3ccc(F)cc3)c(-c3ccnc(N4CCCCC4)n3)[nH]2)OC1. The van der Waals surface area contributed by atoms with Gasteiger partial charge in [0, 0.05) is 36.8 Å². The molecule has 4 heterocycles. The number of imidazole rings is 1. The molecule has 0 unspecified atom stereocenters. The van der Waals surface area contributed by atoms with Crippen LogP contribution in [0.25, 0.3) is 22.6 Å². The first-order chi connectivity index (χ1) is 20.5. The number of ether oxygens (including phenoxy) is 2. The summed E-state index contributed by atoms with van der Waals surface area (Å²) in [5, 5.41) is 3.02. The first-order valence-electron chi connectivity index (χ1n) is 14.4. The van der Waals surface area contributed by atoms with E-state index in [2.05, 4.69) is 20.2 Å². The van der Waals surface area contributed by atoms with Gasteiger partial charge < -0.3 is 24.7 Å². The second-order valence-corrected chi connectivity index (χ2v) is 11.3. The number of carbonyl (C=O) groups is 1. The lowest BCUT2D eigenvalue weighted by molar-refractivity contribution is -0.232. The number of carbonyl (C=O) groups excluding carboxylic acids is 1. The molecule has 2 aliphatic heterocycles. The Morgan fingerprint density at radius 3 is 2.50 bits per heavy atom. The fraction of sp³-hybridized carbons (Fsp3) is 0.375. The molecule has 6 rings (SSSR count). The maximum atomic E-state index is 13.8. The monoisotopic (exact) mass is 570 g/mol. The van der Waals surface area contributed by atoms with Crippen LogP contribution in [0.15, 0.2) is 66.9 Å². The minimum absolute atomic E-state index is 0.0436. The van der Waals surface area contributed by atoms with Gasteiger partial charge in [0.2, 0.25) is 18.1 Å². The number of piperidine rings is 1. The summed E-state index contributed by atoms with van der Waals surface area (Å²) < 4.78 is 26.0. The largest absolute Gasteiger partial charge is 0.355 e. The number of aromatic nitrogens is 4. The minimum Gasteiger partial charge on any atom is -0.355 e. The molecule has 42 heavy (non-hydrogen) atoms. The normalized spacial score (nSPS) is 20.8. The zero-order chi connectivity index (χ0) is 28.9. The van der Waals surface area contributed by atoms with Crippen LogP contribution in [0.2, 0.25) is 0 Å². The summed E-state index contributed by atoms with van der Waals surface area (Å²) in [6.45, 7) is 5.05. The third kappa shape index (κ3) is 6.50. The molecule has 9 nitrogen and oxygen atoms in total. The van der Waals surface area contributed by atoms with E-state index in [1.807, 2.05) is 43.3 Å². The van der Waals surface area contributed by atoms with Crippen molar-refractivity contribution in [2.24, 2.45) is 5.41 Å². The van der Waals surface area contributed by atoms with E-state index in [-0.39, 0.29) is 11.7 Å². The molecule has 2 aromatic carbocycles. The molecule has 0 saturated carbocycles. The summed E-state index contributed by atoms with van der Waals surface area (Å²) in [6.07, 6.45) is 4.81. The number of nitrogens with zero attached hydrogens (tertiary/aromatic N) is 4. The molecule has 2 N–H and O–H groups in total. The van der Waals surface area contributed by atoms with Crippen molar-refractivity contribution in [2.75, 3.05) is 37.7 Å². The summed E-state index contributed by atoms with van der Waals surface area (Å²) in [4.78, 5) is 32.3. The summed E-state index contributed by atoms with van der Waals surface area (Å²) in [7, 11) is 0. The van der Waals surface area contributed by atoms with E-state index in [9.17, 15) is 9.18 Å². The Hall–Kier alpha value is -4.15. The van der Waals surface area contributed by atoms with E-state index in [0.29, 0.717) is 55.0 Å². The maximum Gasteiger partial charge on any atom is 0.225 e.